The highest BCUT2D eigenvalue weighted by Crippen LogP contribution is 2.22. The van der Waals surface area contributed by atoms with Crippen molar-refractivity contribution in [2.75, 3.05) is 14.2 Å². The summed E-state index contributed by atoms with van der Waals surface area (Å²) in [6, 6.07) is 0. The molecule has 20 heavy (non-hydrogen) atoms. The summed E-state index contributed by atoms with van der Waals surface area (Å²) >= 11 is 0. The van der Waals surface area contributed by atoms with Crippen LogP contribution in [0.5, 0.6) is 0 Å². The van der Waals surface area contributed by atoms with Crippen LogP contribution in [0, 0.1) is 0 Å². The minimum absolute atomic E-state index is 0.477. The Morgan fingerprint density at radius 1 is 1.10 bits per heavy atom. The van der Waals surface area contributed by atoms with Crippen molar-refractivity contribution in [3.8, 4) is 0 Å². The maximum absolute atomic E-state index is 11.6. The van der Waals surface area contributed by atoms with Crippen LogP contribution < -0.4 is 0 Å². The molecule has 0 radical (unpaired) electrons. The van der Waals surface area contributed by atoms with Crippen LogP contribution in [0.4, 0.5) is 0 Å². The van der Waals surface area contributed by atoms with Gasteiger partial charge in [0.1, 0.15) is 0 Å². The van der Waals surface area contributed by atoms with Crippen LogP contribution >= 0.6 is 0 Å². The molecule has 2 unspecified atom stereocenters. The molecule has 0 amide bonds. The number of allylic oxidation sites excluding steroid dienone is 1. The van der Waals surface area contributed by atoms with E-state index in [1.165, 1.54) is 14.2 Å². The minimum Gasteiger partial charge on any atom is -0.467 e. The van der Waals surface area contributed by atoms with Gasteiger partial charge in [-0.2, -0.15) is 0 Å². The van der Waals surface area contributed by atoms with E-state index in [9.17, 15) is 9.59 Å². The molecule has 1 rings (SSSR count). The highest BCUT2D eigenvalue weighted by molar-refractivity contribution is 6.81. The van der Waals surface area contributed by atoms with Gasteiger partial charge < -0.3 is 18.8 Å². The normalized spacial score (nSPS) is 23.1. The average Bonchev–Trinajstić information content (AvgIpc) is 2.79. The highest BCUT2D eigenvalue weighted by atomic mass is 28.3. The molecular weight excluding hydrogens is 279 g/mol. The number of hydrogen-bond acceptors (Lipinski definition) is 6. The topological polar surface area (TPSA) is 71.1 Å². The van der Waals surface area contributed by atoms with Crippen molar-refractivity contribution in [2.45, 2.75) is 38.2 Å². The third-order valence-corrected chi connectivity index (χ3v) is 3.92. The first kappa shape index (κ1) is 16.9. The average molecular weight is 300 g/mol. The maximum atomic E-state index is 11.6. The molecule has 0 aromatic rings. The molecule has 0 bridgehead atoms. The van der Waals surface area contributed by atoms with Crippen LogP contribution in [0.3, 0.4) is 0 Å². The Morgan fingerprint density at radius 3 is 1.90 bits per heavy atom. The molecular formula is C12H21BO6Si. The van der Waals surface area contributed by atoms with Gasteiger partial charge in [0.05, 0.1) is 22.3 Å². The first-order valence-corrected chi connectivity index (χ1v) is 10.0. The Morgan fingerprint density at radius 2 is 1.55 bits per heavy atom. The van der Waals surface area contributed by atoms with Crippen molar-refractivity contribution in [3.63, 3.8) is 0 Å². The summed E-state index contributed by atoms with van der Waals surface area (Å²) in [5.41, 5.74) is 2.15. The molecule has 1 aliphatic rings. The van der Waals surface area contributed by atoms with Crippen LogP contribution in [-0.4, -0.2) is 53.6 Å². The monoisotopic (exact) mass is 300 g/mol. The standard InChI is InChI=1S/C12H21BO6Si/c1-16-11(14)9-10(12(15)17-2)19-13(18-9)7-6-8-20(3,4)5/h6,8-10H,7H2,1-5H3. The molecule has 1 saturated heterocycles. The number of ether oxygens (including phenoxy) is 2. The second kappa shape index (κ2) is 7.05. The zero-order valence-corrected chi connectivity index (χ0v) is 13.5. The van der Waals surface area contributed by atoms with Gasteiger partial charge in [-0.15, -0.1) is 0 Å². The lowest BCUT2D eigenvalue weighted by Crippen LogP contribution is -2.38. The van der Waals surface area contributed by atoms with E-state index in [0.717, 1.165) is 0 Å². The Hall–Kier alpha value is -1.12. The number of esters is 2. The Bertz CT molecular complexity index is 368. The van der Waals surface area contributed by atoms with E-state index in [1.54, 1.807) is 0 Å². The molecule has 0 aliphatic carbocycles. The van der Waals surface area contributed by atoms with E-state index in [4.69, 9.17) is 9.31 Å². The van der Waals surface area contributed by atoms with Gasteiger partial charge in [-0.3, -0.25) is 0 Å². The van der Waals surface area contributed by atoms with Crippen LogP contribution in [0.2, 0.25) is 26.0 Å². The number of carbonyl (C=O) groups is 2. The van der Waals surface area contributed by atoms with Crippen molar-refractivity contribution in [1.82, 2.24) is 0 Å². The second-order valence-corrected chi connectivity index (χ2v) is 10.7. The van der Waals surface area contributed by atoms with Gasteiger partial charge >= 0.3 is 19.1 Å². The van der Waals surface area contributed by atoms with E-state index < -0.39 is 39.3 Å². The third kappa shape index (κ3) is 4.77. The van der Waals surface area contributed by atoms with Gasteiger partial charge in [0.25, 0.3) is 0 Å². The lowest BCUT2D eigenvalue weighted by atomic mass is 9.85. The predicted octanol–water partition coefficient (Wildman–Crippen LogP) is 1.04. The fraction of sp³-hybridized carbons (Fsp3) is 0.667. The largest absolute Gasteiger partial charge is 0.467 e. The van der Waals surface area contributed by atoms with Crippen molar-refractivity contribution in [1.29, 1.82) is 0 Å². The summed E-state index contributed by atoms with van der Waals surface area (Å²) in [7, 11) is 0.531. The van der Waals surface area contributed by atoms with Gasteiger partial charge in [0.15, 0.2) is 12.2 Å². The van der Waals surface area contributed by atoms with Gasteiger partial charge in [-0.05, 0) is 6.32 Å². The summed E-state index contributed by atoms with van der Waals surface area (Å²) in [6.07, 6.45) is 0.298. The SMILES string of the molecule is COC(=O)C1OB(CC=C[Si](C)(C)C)OC1C(=O)OC. The van der Waals surface area contributed by atoms with Crippen LogP contribution in [0.15, 0.2) is 11.8 Å². The number of hydrogen-bond donors (Lipinski definition) is 0. The lowest BCUT2D eigenvalue weighted by molar-refractivity contribution is -0.160. The highest BCUT2D eigenvalue weighted by Gasteiger charge is 2.48. The summed E-state index contributed by atoms with van der Waals surface area (Å²) in [5, 5.41) is 0. The Balaban J connectivity index is 2.68. The fourth-order valence-electron chi connectivity index (χ4n) is 1.74. The third-order valence-electron chi connectivity index (χ3n) is 2.69. The predicted molar refractivity (Wildman–Crippen MR) is 76.8 cm³/mol. The number of carbonyl (C=O) groups excluding carboxylic acids is 2. The van der Waals surface area contributed by atoms with Crippen molar-refractivity contribution >= 4 is 27.1 Å². The van der Waals surface area contributed by atoms with Crippen LogP contribution in [0.1, 0.15) is 0 Å². The summed E-state index contributed by atoms with van der Waals surface area (Å²) in [6.45, 7) is 6.61. The second-order valence-electron chi connectivity index (χ2n) is 5.59. The smallest absolute Gasteiger partial charge is 0.462 e. The van der Waals surface area contributed by atoms with Gasteiger partial charge in [-0.1, -0.05) is 31.4 Å². The van der Waals surface area contributed by atoms with Gasteiger partial charge in [-0.25, -0.2) is 9.59 Å². The molecule has 1 fully saturated rings. The quantitative estimate of drug-likeness (QED) is 0.558. The number of rotatable bonds is 5. The molecule has 1 aliphatic heterocycles. The minimum atomic E-state index is -1.30. The van der Waals surface area contributed by atoms with Crippen LogP contribution in [-0.2, 0) is 28.4 Å². The molecule has 0 spiro atoms. The van der Waals surface area contributed by atoms with Crippen molar-refractivity contribution in [2.24, 2.45) is 0 Å². The van der Waals surface area contributed by atoms with E-state index >= 15 is 0 Å². The Labute approximate surface area is 120 Å². The van der Waals surface area contributed by atoms with E-state index in [1.807, 2.05) is 6.08 Å². The van der Waals surface area contributed by atoms with Gasteiger partial charge in [0, 0.05) is 0 Å². The molecule has 8 heteroatoms. The van der Waals surface area contributed by atoms with Crippen molar-refractivity contribution < 1.29 is 28.4 Å². The number of methoxy groups -OCH3 is 2. The lowest BCUT2D eigenvalue weighted by Gasteiger charge is -2.13. The zero-order chi connectivity index (χ0) is 15.3. The molecule has 0 N–H and O–H groups in total. The van der Waals surface area contributed by atoms with Crippen LogP contribution in [0.25, 0.3) is 0 Å². The summed E-state index contributed by atoms with van der Waals surface area (Å²) in [5.74, 6) is -1.28. The van der Waals surface area contributed by atoms with E-state index in [0.29, 0.717) is 6.32 Å². The molecule has 112 valence electrons. The Kier molecular flexibility index (Phi) is 5.97. The molecule has 0 aromatic heterocycles. The van der Waals surface area contributed by atoms with Crippen molar-refractivity contribution in [3.05, 3.63) is 11.8 Å². The first-order valence-electron chi connectivity index (χ1n) is 6.42. The molecule has 1 heterocycles. The zero-order valence-electron chi connectivity index (χ0n) is 12.5. The first-order chi connectivity index (χ1) is 9.28. The van der Waals surface area contributed by atoms with Gasteiger partial charge in [0.2, 0.25) is 0 Å². The summed E-state index contributed by atoms with van der Waals surface area (Å²) in [4.78, 5) is 23.2. The molecule has 0 saturated carbocycles. The fourth-order valence-corrected chi connectivity index (χ4v) is 2.58. The van der Waals surface area contributed by atoms with E-state index in [2.05, 4.69) is 34.8 Å². The molecule has 2 atom stereocenters. The van der Waals surface area contributed by atoms with E-state index in [-0.39, 0.29) is 0 Å². The maximum Gasteiger partial charge on any atom is 0.462 e. The molecule has 6 nitrogen and oxygen atoms in total. The molecule has 0 aromatic carbocycles. The summed E-state index contributed by atoms with van der Waals surface area (Å²) < 4.78 is 20.1.